The molecule has 1 aliphatic heterocycles. The van der Waals surface area contributed by atoms with Crippen LogP contribution < -0.4 is 10.1 Å². The first-order valence-electron chi connectivity index (χ1n) is 10.4. The van der Waals surface area contributed by atoms with Crippen molar-refractivity contribution in [2.45, 2.75) is 38.6 Å². The Morgan fingerprint density at radius 1 is 1.00 bits per heavy atom. The van der Waals surface area contributed by atoms with Gasteiger partial charge in [-0.25, -0.2) is 4.98 Å². The number of hydrogen-bond donors (Lipinski definition) is 1. The maximum absolute atomic E-state index is 5.98. The monoisotopic (exact) mass is 395 g/mol. The van der Waals surface area contributed by atoms with E-state index in [1.54, 1.807) is 11.3 Å². The normalized spacial score (nSPS) is 15.0. The Hall–Kier alpha value is -2.11. The summed E-state index contributed by atoms with van der Waals surface area (Å²) < 4.78 is 7.21. The number of thiazole rings is 1. The maximum atomic E-state index is 5.98. The maximum Gasteiger partial charge on any atom is 0.183 e. The van der Waals surface area contributed by atoms with Gasteiger partial charge in [0.1, 0.15) is 5.75 Å². The van der Waals surface area contributed by atoms with Gasteiger partial charge in [-0.2, -0.15) is 0 Å². The van der Waals surface area contributed by atoms with Gasteiger partial charge in [-0.15, -0.1) is 0 Å². The molecule has 4 rings (SSSR count). The van der Waals surface area contributed by atoms with Crippen LogP contribution in [0.3, 0.4) is 0 Å². The fraction of sp³-hybridized carbons (Fsp3) is 0.435. The van der Waals surface area contributed by atoms with E-state index < -0.39 is 0 Å². The fourth-order valence-electron chi connectivity index (χ4n) is 3.67. The summed E-state index contributed by atoms with van der Waals surface area (Å²) in [6, 6.07) is 16.9. The number of nitrogens with zero attached hydrogens (tertiary/aromatic N) is 2. The number of unbranched alkanes of at least 4 members (excludes halogenated alkanes) is 1. The van der Waals surface area contributed by atoms with Crippen molar-refractivity contribution in [1.82, 2.24) is 9.88 Å². The SMILES string of the molecule is c1cc(CN2CCCCC2)cc(OCCCCNc2nc3ccccc3s2)c1. The van der Waals surface area contributed by atoms with E-state index in [2.05, 4.69) is 57.7 Å². The second-order valence-electron chi connectivity index (χ2n) is 7.45. The van der Waals surface area contributed by atoms with Crippen LogP contribution in [0.1, 0.15) is 37.7 Å². The van der Waals surface area contributed by atoms with Crippen molar-refractivity contribution in [3.05, 3.63) is 54.1 Å². The number of hydrogen-bond acceptors (Lipinski definition) is 5. The van der Waals surface area contributed by atoms with Gasteiger partial charge in [-0.3, -0.25) is 4.90 Å². The van der Waals surface area contributed by atoms with Crippen LogP contribution in [0.15, 0.2) is 48.5 Å². The highest BCUT2D eigenvalue weighted by Gasteiger charge is 2.10. The highest BCUT2D eigenvalue weighted by molar-refractivity contribution is 7.22. The number of rotatable bonds is 9. The lowest BCUT2D eigenvalue weighted by molar-refractivity contribution is 0.220. The van der Waals surface area contributed by atoms with E-state index in [0.717, 1.165) is 48.9 Å². The van der Waals surface area contributed by atoms with E-state index in [1.807, 2.05) is 6.07 Å². The van der Waals surface area contributed by atoms with Crippen molar-refractivity contribution in [3.63, 3.8) is 0 Å². The van der Waals surface area contributed by atoms with Gasteiger partial charge in [0.15, 0.2) is 5.13 Å². The number of piperidine rings is 1. The number of anilines is 1. The Labute approximate surface area is 171 Å². The smallest absolute Gasteiger partial charge is 0.183 e. The average molecular weight is 396 g/mol. The molecule has 0 amide bonds. The quantitative estimate of drug-likeness (QED) is 0.482. The number of para-hydroxylation sites is 1. The molecular formula is C23H29N3OS. The zero-order valence-corrected chi connectivity index (χ0v) is 17.2. The standard InChI is InChI=1S/C23H29N3OS/c1-5-14-26(15-6-1)18-19-9-8-10-20(17-19)27-16-7-4-13-24-23-25-21-11-2-3-12-22(21)28-23/h2-3,8-12,17H,1,4-7,13-16,18H2,(H,24,25). The third-order valence-corrected chi connectivity index (χ3v) is 6.16. The number of likely N-dealkylation sites (tertiary alicyclic amines) is 1. The third-order valence-electron chi connectivity index (χ3n) is 5.16. The van der Waals surface area contributed by atoms with Crippen LogP contribution in [-0.4, -0.2) is 36.1 Å². The van der Waals surface area contributed by atoms with Crippen molar-refractivity contribution in [2.75, 3.05) is 31.6 Å². The molecule has 0 atom stereocenters. The Kier molecular flexibility index (Phi) is 6.79. The van der Waals surface area contributed by atoms with Crippen molar-refractivity contribution in [1.29, 1.82) is 0 Å². The molecule has 0 spiro atoms. The first-order chi connectivity index (χ1) is 13.9. The minimum absolute atomic E-state index is 0.759. The number of fused-ring (bicyclic) bond motifs is 1. The molecule has 1 N–H and O–H groups in total. The third kappa shape index (κ3) is 5.46. The lowest BCUT2D eigenvalue weighted by Gasteiger charge is -2.26. The number of aromatic nitrogens is 1. The number of ether oxygens (including phenoxy) is 1. The molecule has 2 heterocycles. The van der Waals surface area contributed by atoms with Crippen LogP contribution in [0, 0.1) is 0 Å². The van der Waals surface area contributed by atoms with Crippen LogP contribution in [0.25, 0.3) is 10.2 Å². The Balaban J connectivity index is 1.15. The predicted octanol–water partition coefficient (Wildman–Crippen LogP) is 5.55. The zero-order valence-electron chi connectivity index (χ0n) is 16.4. The van der Waals surface area contributed by atoms with Crippen LogP contribution >= 0.6 is 11.3 Å². The van der Waals surface area contributed by atoms with E-state index in [9.17, 15) is 0 Å². The molecule has 28 heavy (non-hydrogen) atoms. The second-order valence-corrected chi connectivity index (χ2v) is 8.48. The summed E-state index contributed by atoms with van der Waals surface area (Å²) in [5, 5.41) is 4.44. The number of nitrogens with one attached hydrogen (secondary N) is 1. The molecule has 1 fully saturated rings. The molecule has 3 aromatic rings. The molecule has 0 unspecified atom stereocenters. The number of benzene rings is 2. The van der Waals surface area contributed by atoms with Gasteiger partial charge in [0.05, 0.1) is 16.8 Å². The second kappa shape index (κ2) is 9.89. The van der Waals surface area contributed by atoms with E-state index in [1.165, 1.54) is 42.6 Å². The largest absolute Gasteiger partial charge is 0.494 e. The van der Waals surface area contributed by atoms with E-state index >= 15 is 0 Å². The molecule has 148 valence electrons. The molecular weight excluding hydrogens is 366 g/mol. The fourth-order valence-corrected chi connectivity index (χ4v) is 4.56. The molecule has 0 aliphatic carbocycles. The summed E-state index contributed by atoms with van der Waals surface area (Å²) in [6.45, 7) is 5.19. The Morgan fingerprint density at radius 3 is 2.79 bits per heavy atom. The van der Waals surface area contributed by atoms with Crippen LogP contribution in [0.5, 0.6) is 5.75 Å². The van der Waals surface area contributed by atoms with Gasteiger partial charge in [-0.05, 0) is 68.6 Å². The minimum Gasteiger partial charge on any atom is -0.494 e. The summed E-state index contributed by atoms with van der Waals surface area (Å²) in [5.74, 6) is 0.994. The molecule has 2 aromatic carbocycles. The first kappa shape index (κ1) is 19.2. The van der Waals surface area contributed by atoms with Crippen LogP contribution in [0.4, 0.5) is 5.13 Å². The van der Waals surface area contributed by atoms with Gasteiger partial charge < -0.3 is 10.1 Å². The molecule has 1 aromatic heterocycles. The average Bonchev–Trinajstić information content (AvgIpc) is 3.14. The lowest BCUT2D eigenvalue weighted by atomic mass is 10.1. The lowest BCUT2D eigenvalue weighted by Crippen LogP contribution is -2.29. The van der Waals surface area contributed by atoms with Crippen LogP contribution in [-0.2, 0) is 6.54 Å². The predicted molar refractivity (Wildman–Crippen MR) is 118 cm³/mol. The topological polar surface area (TPSA) is 37.4 Å². The summed E-state index contributed by atoms with van der Waals surface area (Å²) in [6.07, 6.45) is 6.16. The van der Waals surface area contributed by atoms with Gasteiger partial charge in [0.2, 0.25) is 0 Å². The summed E-state index contributed by atoms with van der Waals surface area (Å²) in [7, 11) is 0. The minimum atomic E-state index is 0.759. The summed E-state index contributed by atoms with van der Waals surface area (Å²) >= 11 is 1.72. The highest BCUT2D eigenvalue weighted by atomic mass is 32.1. The summed E-state index contributed by atoms with van der Waals surface area (Å²) in [4.78, 5) is 7.16. The molecule has 0 saturated carbocycles. The van der Waals surface area contributed by atoms with Crippen molar-refractivity contribution in [3.8, 4) is 5.75 Å². The first-order valence-corrected chi connectivity index (χ1v) is 11.2. The molecule has 1 aliphatic rings. The van der Waals surface area contributed by atoms with Crippen LogP contribution in [0.2, 0.25) is 0 Å². The molecule has 0 bridgehead atoms. The van der Waals surface area contributed by atoms with E-state index in [4.69, 9.17) is 4.74 Å². The van der Waals surface area contributed by atoms with Crippen molar-refractivity contribution >= 4 is 26.7 Å². The Bertz CT molecular complexity index is 840. The van der Waals surface area contributed by atoms with E-state index in [0.29, 0.717) is 0 Å². The van der Waals surface area contributed by atoms with Gasteiger partial charge in [-0.1, -0.05) is 42.0 Å². The molecule has 1 saturated heterocycles. The molecule has 4 nitrogen and oxygen atoms in total. The van der Waals surface area contributed by atoms with Crippen molar-refractivity contribution < 1.29 is 4.74 Å². The van der Waals surface area contributed by atoms with Gasteiger partial charge in [0, 0.05) is 13.1 Å². The van der Waals surface area contributed by atoms with Gasteiger partial charge >= 0.3 is 0 Å². The van der Waals surface area contributed by atoms with Crippen molar-refractivity contribution in [2.24, 2.45) is 0 Å². The molecule has 0 radical (unpaired) electrons. The summed E-state index contributed by atoms with van der Waals surface area (Å²) in [5.41, 5.74) is 2.43. The molecule has 5 heteroatoms. The zero-order chi connectivity index (χ0) is 19.0. The van der Waals surface area contributed by atoms with E-state index in [-0.39, 0.29) is 0 Å². The van der Waals surface area contributed by atoms with Gasteiger partial charge in [0.25, 0.3) is 0 Å². The highest BCUT2D eigenvalue weighted by Crippen LogP contribution is 2.25. The Morgan fingerprint density at radius 2 is 1.89 bits per heavy atom.